The Bertz CT molecular complexity index is 518. The van der Waals surface area contributed by atoms with Crippen molar-refractivity contribution in [1.82, 2.24) is 10.6 Å². The van der Waals surface area contributed by atoms with E-state index in [0.717, 1.165) is 4.47 Å². The van der Waals surface area contributed by atoms with Gasteiger partial charge >= 0.3 is 0 Å². The molecule has 0 aliphatic heterocycles. The van der Waals surface area contributed by atoms with Crippen LogP contribution in [0.3, 0.4) is 0 Å². The number of benzene rings is 1. The molecule has 0 spiro atoms. The van der Waals surface area contributed by atoms with Gasteiger partial charge in [0.15, 0.2) is 0 Å². The normalized spacial score (nSPS) is 11.9. The lowest BCUT2D eigenvalue weighted by molar-refractivity contribution is -0.122. The van der Waals surface area contributed by atoms with Crippen LogP contribution in [-0.2, 0) is 4.79 Å². The Morgan fingerprint density at radius 1 is 1.29 bits per heavy atom. The summed E-state index contributed by atoms with van der Waals surface area (Å²) in [7, 11) is 1.50. The number of carbonyl (C=O) groups is 2. The molecule has 2 N–H and O–H groups in total. The van der Waals surface area contributed by atoms with Crippen molar-refractivity contribution in [2.45, 2.75) is 26.8 Å². The highest BCUT2D eigenvalue weighted by Crippen LogP contribution is 2.23. The number of halogens is 1. The fourth-order valence-corrected chi connectivity index (χ4v) is 1.99. The van der Waals surface area contributed by atoms with Crippen LogP contribution < -0.4 is 15.4 Å². The molecule has 1 aromatic rings. The Balaban J connectivity index is 2.70. The second-order valence-electron chi connectivity index (χ2n) is 5.18. The van der Waals surface area contributed by atoms with Crippen LogP contribution in [-0.4, -0.2) is 31.5 Å². The van der Waals surface area contributed by atoms with Crippen LogP contribution in [0.25, 0.3) is 0 Å². The van der Waals surface area contributed by atoms with Crippen LogP contribution in [0.15, 0.2) is 22.7 Å². The first kappa shape index (κ1) is 17.5. The molecule has 1 rings (SSSR count). The van der Waals surface area contributed by atoms with Crippen LogP contribution in [0, 0.1) is 5.92 Å². The molecule has 0 bridgehead atoms. The van der Waals surface area contributed by atoms with Crippen molar-refractivity contribution in [1.29, 1.82) is 0 Å². The van der Waals surface area contributed by atoms with E-state index in [2.05, 4.69) is 26.6 Å². The van der Waals surface area contributed by atoms with Gasteiger partial charge in [-0.3, -0.25) is 9.59 Å². The summed E-state index contributed by atoms with van der Waals surface area (Å²) in [6, 6.07) is 4.50. The highest BCUT2D eigenvalue weighted by Gasteiger charge is 2.19. The maximum absolute atomic E-state index is 12.2. The zero-order valence-corrected chi connectivity index (χ0v) is 14.3. The van der Waals surface area contributed by atoms with E-state index in [9.17, 15) is 9.59 Å². The molecule has 21 heavy (non-hydrogen) atoms. The molecule has 1 aromatic carbocycles. The number of amides is 2. The summed E-state index contributed by atoms with van der Waals surface area (Å²) in [5.74, 6) is 0.278. The van der Waals surface area contributed by atoms with Crippen molar-refractivity contribution in [2.24, 2.45) is 5.92 Å². The number of hydrogen-bond donors (Lipinski definition) is 2. The smallest absolute Gasteiger partial charge is 0.255 e. The van der Waals surface area contributed by atoms with Crippen LogP contribution in [0.4, 0.5) is 0 Å². The molecule has 0 saturated heterocycles. The van der Waals surface area contributed by atoms with Gasteiger partial charge in [0, 0.05) is 11.0 Å². The molecule has 0 radical (unpaired) electrons. The lowest BCUT2D eigenvalue weighted by Crippen LogP contribution is -2.45. The minimum atomic E-state index is -0.607. The lowest BCUT2D eigenvalue weighted by atomic mass is 10.1. The molecule has 0 aliphatic carbocycles. The second kappa shape index (κ2) is 8.02. The molecule has 116 valence electrons. The van der Waals surface area contributed by atoms with Crippen molar-refractivity contribution in [2.75, 3.05) is 13.7 Å². The van der Waals surface area contributed by atoms with Crippen LogP contribution in [0.1, 0.15) is 31.1 Å². The number of rotatable bonds is 6. The van der Waals surface area contributed by atoms with Gasteiger partial charge < -0.3 is 15.4 Å². The fraction of sp³-hybridized carbons (Fsp3) is 0.467. The number of carbonyl (C=O) groups excluding carboxylic acids is 2. The molecule has 1 unspecified atom stereocenters. The van der Waals surface area contributed by atoms with Crippen LogP contribution >= 0.6 is 15.9 Å². The van der Waals surface area contributed by atoms with Gasteiger partial charge in [-0.1, -0.05) is 29.8 Å². The molecule has 0 aromatic heterocycles. The third-order valence-corrected chi connectivity index (χ3v) is 3.33. The van der Waals surface area contributed by atoms with Crippen LogP contribution in [0.2, 0.25) is 0 Å². The van der Waals surface area contributed by atoms with Gasteiger partial charge in [0.1, 0.15) is 11.8 Å². The number of nitrogens with one attached hydrogen (secondary N) is 2. The summed E-state index contributed by atoms with van der Waals surface area (Å²) in [5, 5.41) is 5.45. The molecule has 0 saturated carbocycles. The van der Waals surface area contributed by atoms with Gasteiger partial charge in [0.05, 0.1) is 12.7 Å². The standard InChI is InChI=1S/C15H21BrN2O3/c1-9(2)8-17-14(19)10(3)18-15(20)12-6-5-11(16)7-13(12)21-4/h5-7,9-10H,8H2,1-4H3,(H,17,19)(H,18,20). The van der Waals surface area contributed by atoms with Gasteiger partial charge in [0.2, 0.25) is 5.91 Å². The number of methoxy groups -OCH3 is 1. The average Bonchev–Trinajstić information content (AvgIpc) is 2.43. The highest BCUT2D eigenvalue weighted by atomic mass is 79.9. The first-order chi connectivity index (χ1) is 9.85. The Morgan fingerprint density at radius 2 is 1.95 bits per heavy atom. The zero-order valence-electron chi connectivity index (χ0n) is 12.7. The van der Waals surface area contributed by atoms with Crippen molar-refractivity contribution >= 4 is 27.7 Å². The van der Waals surface area contributed by atoms with Gasteiger partial charge in [-0.05, 0) is 31.0 Å². The molecule has 0 aliphatic rings. The van der Waals surface area contributed by atoms with E-state index in [1.165, 1.54) is 7.11 Å². The minimum Gasteiger partial charge on any atom is -0.496 e. The van der Waals surface area contributed by atoms with Gasteiger partial charge in [-0.2, -0.15) is 0 Å². The van der Waals surface area contributed by atoms with Crippen molar-refractivity contribution in [3.63, 3.8) is 0 Å². The SMILES string of the molecule is COc1cc(Br)ccc1C(=O)NC(C)C(=O)NCC(C)C. The zero-order chi connectivity index (χ0) is 16.0. The molecule has 0 fully saturated rings. The summed E-state index contributed by atoms with van der Waals surface area (Å²) < 4.78 is 6.00. The summed E-state index contributed by atoms with van der Waals surface area (Å²) in [4.78, 5) is 24.1. The molecule has 0 heterocycles. The predicted octanol–water partition coefficient (Wildman–Crippen LogP) is 2.35. The summed E-state index contributed by atoms with van der Waals surface area (Å²) in [6.07, 6.45) is 0. The predicted molar refractivity (Wildman–Crippen MR) is 85.5 cm³/mol. The maximum Gasteiger partial charge on any atom is 0.255 e. The largest absolute Gasteiger partial charge is 0.496 e. The van der Waals surface area contributed by atoms with Crippen molar-refractivity contribution < 1.29 is 14.3 Å². The van der Waals surface area contributed by atoms with E-state index in [0.29, 0.717) is 23.8 Å². The van der Waals surface area contributed by atoms with E-state index in [1.807, 2.05) is 13.8 Å². The number of ether oxygens (including phenoxy) is 1. The molecule has 2 amide bonds. The monoisotopic (exact) mass is 356 g/mol. The van der Waals surface area contributed by atoms with Gasteiger partial charge in [-0.25, -0.2) is 0 Å². The highest BCUT2D eigenvalue weighted by molar-refractivity contribution is 9.10. The first-order valence-corrected chi connectivity index (χ1v) is 7.56. The van der Waals surface area contributed by atoms with Gasteiger partial charge in [0.25, 0.3) is 5.91 Å². The average molecular weight is 357 g/mol. The van der Waals surface area contributed by atoms with E-state index in [4.69, 9.17) is 4.74 Å². The van der Waals surface area contributed by atoms with E-state index < -0.39 is 6.04 Å². The van der Waals surface area contributed by atoms with E-state index in [-0.39, 0.29) is 11.8 Å². The molecule has 5 nitrogen and oxygen atoms in total. The molecule has 6 heteroatoms. The van der Waals surface area contributed by atoms with E-state index in [1.54, 1.807) is 25.1 Å². The topological polar surface area (TPSA) is 67.4 Å². The summed E-state index contributed by atoms with van der Waals surface area (Å²) >= 11 is 3.32. The summed E-state index contributed by atoms with van der Waals surface area (Å²) in [5.41, 5.74) is 0.393. The molecular weight excluding hydrogens is 336 g/mol. The lowest BCUT2D eigenvalue weighted by Gasteiger charge is -2.16. The third-order valence-electron chi connectivity index (χ3n) is 2.83. The Hall–Kier alpha value is -1.56. The molecular formula is C15H21BrN2O3. The minimum absolute atomic E-state index is 0.201. The quantitative estimate of drug-likeness (QED) is 0.821. The van der Waals surface area contributed by atoms with Crippen LogP contribution in [0.5, 0.6) is 5.75 Å². The maximum atomic E-state index is 12.2. The Kier molecular flexibility index (Phi) is 6.68. The second-order valence-corrected chi connectivity index (χ2v) is 6.09. The summed E-state index contributed by atoms with van der Waals surface area (Å²) in [6.45, 7) is 6.26. The van der Waals surface area contributed by atoms with E-state index >= 15 is 0 Å². The van der Waals surface area contributed by atoms with Crippen molar-refractivity contribution in [3.05, 3.63) is 28.2 Å². The first-order valence-electron chi connectivity index (χ1n) is 6.77. The number of hydrogen-bond acceptors (Lipinski definition) is 3. The third kappa shape index (κ3) is 5.38. The molecule has 1 atom stereocenters. The fourth-order valence-electron chi connectivity index (χ4n) is 1.65. The van der Waals surface area contributed by atoms with Gasteiger partial charge in [-0.15, -0.1) is 0 Å². The van der Waals surface area contributed by atoms with Crippen molar-refractivity contribution in [3.8, 4) is 5.75 Å². The Morgan fingerprint density at radius 3 is 2.52 bits per heavy atom. The Labute approximate surface area is 133 Å².